The van der Waals surface area contributed by atoms with E-state index < -0.39 is 0 Å². The molecule has 1 aliphatic rings. The lowest BCUT2D eigenvalue weighted by molar-refractivity contribution is 0.166. The van der Waals surface area contributed by atoms with Gasteiger partial charge in [0, 0.05) is 42.3 Å². The van der Waals surface area contributed by atoms with E-state index in [9.17, 15) is 4.79 Å². The van der Waals surface area contributed by atoms with Crippen LogP contribution in [-0.2, 0) is 13.1 Å². The molecule has 3 heterocycles. The third-order valence-electron chi connectivity index (χ3n) is 4.92. The molecule has 128 valence electrons. The number of aromatic nitrogens is 4. The van der Waals surface area contributed by atoms with Crippen LogP contribution in [-0.4, -0.2) is 37.5 Å². The summed E-state index contributed by atoms with van der Waals surface area (Å²) in [5.41, 5.74) is 2.84. The highest BCUT2D eigenvalue weighted by molar-refractivity contribution is 5.12. The molecule has 1 aliphatic heterocycles. The number of likely N-dealkylation sites (tertiary alicyclic amines) is 1. The van der Waals surface area contributed by atoms with Gasteiger partial charge >= 0.3 is 0 Å². The fraction of sp³-hybridized carbons (Fsp3) is 0.556. The van der Waals surface area contributed by atoms with E-state index in [2.05, 4.69) is 19.9 Å². The van der Waals surface area contributed by atoms with Gasteiger partial charge in [-0.3, -0.25) is 14.3 Å². The standard InChI is InChI=1S/C18H25N5O/c1-13-14(2)21-12-23(18(13)24)11-16-4-6-22(7-5-16)10-17-8-19-15(3)20-9-17/h8-9,12,16H,4-7,10-11H2,1-3H3. The Kier molecular flexibility index (Phi) is 5.04. The molecule has 6 nitrogen and oxygen atoms in total. The minimum atomic E-state index is 0.0988. The van der Waals surface area contributed by atoms with E-state index >= 15 is 0 Å². The van der Waals surface area contributed by atoms with Gasteiger partial charge in [-0.2, -0.15) is 0 Å². The molecule has 0 saturated carbocycles. The minimum Gasteiger partial charge on any atom is -0.299 e. The molecular weight excluding hydrogens is 302 g/mol. The first kappa shape index (κ1) is 16.8. The van der Waals surface area contributed by atoms with Gasteiger partial charge in [-0.15, -0.1) is 0 Å². The van der Waals surface area contributed by atoms with Gasteiger partial charge in [0.25, 0.3) is 5.56 Å². The van der Waals surface area contributed by atoms with Crippen molar-refractivity contribution < 1.29 is 0 Å². The van der Waals surface area contributed by atoms with Crippen LogP contribution < -0.4 is 5.56 Å². The van der Waals surface area contributed by atoms with Crippen LogP contribution in [0.15, 0.2) is 23.5 Å². The predicted octanol–water partition coefficient (Wildman–Crippen LogP) is 1.87. The van der Waals surface area contributed by atoms with E-state index in [-0.39, 0.29) is 5.56 Å². The molecule has 1 saturated heterocycles. The molecule has 3 rings (SSSR count). The topological polar surface area (TPSA) is 63.9 Å². The summed E-state index contributed by atoms with van der Waals surface area (Å²) in [6.07, 6.45) is 7.72. The van der Waals surface area contributed by atoms with E-state index in [0.717, 1.165) is 61.7 Å². The van der Waals surface area contributed by atoms with Gasteiger partial charge in [0.05, 0.1) is 6.33 Å². The first-order chi connectivity index (χ1) is 11.5. The summed E-state index contributed by atoms with van der Waals surface area (Å²) in [5.74, 6) is 1.35. The largest absolute Gasteiger partial charge is 0.299 e. The Morgan fingerprint density at radius 2 is 1.75 bits per heavy atom. The van der Waals surface area contributed by atoms with Crippen molar-refractivity contribution >= 4 is 0 Å². The second-order valence-corrected chi connectivity index (χ2v) is 6.77. The number of piperidine rings is 1. The van der Waals surface area contributed by atoms with Gasteiger partial charge in [-0.1, -0.05) is 0 Å². The van der Waals surface area contributed by atoms with Crippen LogP contribution in [0.2, 0.25) is 0 Å². The lowest BCUT2D eigenvalue weighted by atomic mass is 9.96. The smallest absolute Gasteiger partial charge is 0.256 e. The van der Waals surface area contributed by atoms with Crippen LogP contribution in [0.25, 0.3) is 0 Å². The third-order valence-corrected chi connectivity index (χ3v) is 4.92. The Balaban J connectivity index is 1.55. The molecule has 2 aromatic heterocycles. The van der Waals surface area contributed by atoms with Crippen molar-refractivity contribution in [3.63, 3.8) is 0 Å². The molecule has 0 aromatic carbocycles. The highest BCUT2D eigenvalue weighted by atomic mass is 16.1. The molecule has 0 unspecified atom stereocenters. The van der Waals surface area contributed by atoms with Crippen molar-refractivity contribution in [3.05, 3.63) is 51.7 Å². The molecule has 0 amide bonds. The zero-order valence-electron chi connectivity index (χ0n) is 14.7. The molecule has 0 radical (unpaired) electrons. The molecule has 0 aliphatic carbocycles. The van der Waals surface area contributed by atoms with Crippen molar-refractivity contribution in [1.82, 2.24) is 24.4 Å². The summed E-state index contributed by atoms with van der Waals surface area (Å²) in [5, 5.41) is 0. The summed E-state index contributed by atoms with van der Waals surface area (Å²) in [6.45, 7) is 9.41. The van der Waals surface area contributed by atoms with Gasteiger partial charge in [-0.05, 0) is 52.6 Å². The fourth-order valence-electron chi connectivity index (χ4n) is 3.17. The molecule has 0 spiro atoms. The van der Waals surface area contributed by atoms with Crippen molar-refractivity contribution in [2.45, 2.75) is 46.7 Å². The Hall–Kier alpha value is -2.08. The highest BCUT2D eigenvalue weighted by Gasteiger charge is 2.20. The maximum atomic E-state index is 12.3. The van der Waals surface area contributed by atoms with Crippen LogP contribution in [0, 0.1) is 26.7 Å². The molecule has 0 bridgehead atoms. The molecule has 0 atom stereocenters. The van der Waals surface area contributed by atoms with Crippen LogP contribution >= 0.6 is 0 Å². The second-order valence-electron chi connectivity index (χ2n) is 6.77. The third kappa shape index (κ3) is 3.87. The Labute approximate surface area is 142 Å². The van der Waals surface area contributed by atoms with Crippen LogP contribution in [0.4, 0.5) is 0 Å². The lowest BCUT2D eigenvalue weighted by Crippen LogP contribution is -2.36. The van der Waals surface area contributed by atoms with Gasteiger partial charge < -0.3 is 0 Å². The zero-order valence-corrected chi connectivity index (χ0v) is 14.7. The maximum Gasteiger partial charge on any atom is 0.256 e. The fourth-order valence-corrected chi connectivity index (χ4v) is 3.17. The molecule has 0 N–H and O–H groups in total. The predicted molar refractivity (Wildman–Crippen MR) is 92.7 cm³/mol. The molecular formula is C18H25N5O. The molecule has 1 fully saturated rings. The van der Waals surface area contributed by atoms with Gasteiger partial charge in [0.1, 0.15) is 5.82 Å². The van der Waals surface area contributed by atoms with Gasteiger partial charge in [0.15, 0.2) is 0 Å². The Morgan fingerprint density at radius 3 is 2.42 bits per heavy atom. The Morgan fingerprint density at radius 1 is 1.08 bits per heavy atom. The monoisotopic (exact) mass is 327 g/mol. The average molecular weight is 327 g/mol. The first-order valence-electron chi connectivity index (χ1n) is 8.55. The number of aryl methyl sites for hydroxylation is 2. The molecule has 6 heteroatoms. The van der Waals surface area contributed by atoms with Gasteiger partial charge in [-0.25, -0.2) is 15.0 Å². The zero-order chi connectivity index (χ0) is 17.1. The minimum absolute atomic E-state index is 0.0988. The highest BCUT2D eigenvalue weighted by Crippen LogP contribution is 2.20. The average Bonchev–Trinajstić information content (AvgIpc) is 2.59. The van der Waals surface area contributed by atoms with E-state index in [1.807, 2.05) is 33.2 Å². The summed E-state index contributed by atoms with van der Waals surface area (Å²) in [7, 11) is 0. The summed E-state index contributed by atoms with van der Waals surface area (Å²) >= 11 is 0. The quantitative estimate of drug-likeness (QED) is 0.858. The molecule has 2 aromatic rings. The van der Waals surface area contributed by atoms with E-state index in [0.29, 0.717) is 5.92 Å². The van der Waals surface area contributed by atoms with Crippen LogP contribution in [0.5, 0.6) is 0 Å². The van der Waals surface area contributed by atoms with Crippen molar-refractivity contribution in [3.8, 4) is 0 Å². The van der Waals surface area contributed by atoms with Crippen molar-refractivity contribution in [2.75, 3.05) is 13.1 Å². The summed E-state index contributed by atoms with van der Waals surface area (Å²) in [4.78, 5) is 27.6. The number of hydrogen-bond donors (Lipinski definition) is 0. The number of rotatable bonds is 4. The van der Waals surface area contributed by atoms with Crippen LogP contribution in [0.3, 0.4) is 0 Å². The van der Waals surface area contributed by atoms with E-state index in [4.69, 9.17) is 0 Å². The lowest BCUT2D eigenvalue weighted by Gasteiger charge is -2.32. The van der Waals surface area contributed by atoms with Crippen molar-refractivity contribution in [2.24, 2.45) is 5.92 Å². The van der Waals surface area contributed by atoms with Gasteiger partial charge in [0.2, 0.25) is 0 Å². The second kappa shape index (κ2) is 7.21. The number of hydrogen-bond acceptors (Lipinski definition) is 5. The first-order valence-corrected chi connectivity index (χ1v) is 8.55. The van der Waals surface area contributed by atoms with E-state index in [1.54, 1.807) is 10.9 Å². The Bertz CT molecular complexity index is 745. The summed E-state index contributed by atoms with van der Waals surface area (Å²) in [6, 6.07) is 0. The molecule has 24 heavy (non-hydrogen) atoms. The summed E-state index contributed by atoms with van der Waals surface area (Å²) < 4.78 is 1.77. The maximum absolute atomic E-state index is 12.3. The SMILES string of the molecule is Cc1ncc(CN2CCC(Cn3cnc(C)c(C)c3=O)CC2)cn1. The number of nitrogens with zero attached hydrogens (tertiary/aromatic N) is 5. The van der Waals surface area contributed by atoms with Crippen LogP contribution in [0.1, 0.15) is 35.5 Å². The normalized spacial score (nSPS) is 16.5. The van der Waals surface area contributed by atoms with Crippen molar-refractivity contribution in [1.29, 1.82) is 0 Å². The van der Waals surface area contributed by atoms with E-state index in [1.165, 1.54) is 0 Å².